The molecule has 1 N–H and O–H groups in total. The number of fused-ring (bicyclic) bond motifs is 1. The van der Waals surface area contributed by atoms with E-state index in [0.717, 1.165) is 0 Å². The average Bonchev–Trinajstić information content (AvgIpc) is 2.26. The minimum atomic E-state index is 0.626. The fraction of sp³-hybridized carbons (Fsp3) is 0.385. The lowest BCUT2D eigenvalue weighted by atomic mass is 9.88. The van der Waals surface area contributed by atoms with Crippen molar-refractivity contribution in [3.8, 4) is 0 Å². The molecule has 74 valence electrons. The molecule has 14 heavy (non-hydrogen) atoms. The predicted molar refractivity (Wildman–Crippen MR) is 60.2 cm³/mol. The maximum Gasteiger partial charge on any atom is 0.0299 e. The number of hydrogen-bond donors (Lipinski definition) is 1. The van der Waals surface area contributed by atoms with E-state index in [0.29, 0.717) is 6.04 Å². The van der Waals surface area contributed by atoms with Gasteiger partial charge in [0.15, 0.2) is 0 Å². The molecule has 0 saturated heterocycles. The quantitative estimate of drug-likeness (QED) is 0.750. The summed E-state index contributed by atoms with van der Waals surface area (Å²) in [5.74, 6) is 0. The van der Waals surface area contributed by atoms with Crippen molar-refractivity contribution in [3.05, 3.63) is 47.7 Å². The van der Waals surface area contributed by atoms with E-state index in [2.05, 4.69) is 41.9 Å². The van der Waals surface area contributed by atoms with E-state index in [1.165, 1.54) is 30.4 Å². The van der Waals surface area contributed by atoms with Crippen LogP contribution in [0.15, 0.2) is 36.5 Å². The van der Waals surface area contributed by atoms with E-state index in [1.807, 2.05) is 6.92 Å². The van der Waals surface area contributed by atoms with E-state index in [9.17, 15) is 0 Å². The molecule has 0 spiro atoms. The Morgan fingerprint density at radius 2 is 2.07 bits per heavy atom. The lowest BCUT2D eigenvalue weighted by Crippen LogP contribution is -2.30. The maximum absolute atomic E-state index is 3.43. The molecule has 1 aliphatic rings. The maximum atomic E-state index is 3.43. The Balaban J connectivity index is 2.06. The molecule has 0 radical (unpaired) electrons. The Morgan fingerprint density at radius 3 is 2.86 bits per heavy atom. The van der Waals surface area contributed by atoms with Crippen LogP contribution in [0.5, 0.6) is 0 Å². The van der Waals surface area contributed by atoms with E-state index in [-0.39, 0.29) is 0 Å². The highest BCUT2D eigenvalue weighted by Gasteiger charge is 2.16. The number of nitrogens with one attached hydrogen (secondary N) is 1. The van der Waals surface area contributed by atoms with Gasteiger partial charge in [-0.1, -0.05) is 30.3 Å². The molecule has 0 amide bonds. The van der Waals surface area contributed by atoms with Gasteiger partial charge in [-0.25, -0.2) is 0 Å². The predicted octanol–water partition coefficient (Wildman–Crippen LogP) is 2.67. The van der Waals surface area contributed by atoms with Crippen molar-refractivity contribution in [3.63, 3.8) is 0 Å². The van der Waals surface area contributed by atoms with Gasteiger partial charge in [0.1, 0.15) is 0 Å². The molecule has 1 unspecified atom stereocenters. The van der Waals surface area contributed by atoms with Crippen LogP contribution in [0.25, 0.3) is 0 Å². The third-order valence-corrected chi connectivity index (χ3v) is 2.85. The van der Waals surface area contributed by atoms with Crippen LogP contribution >= 0.6 is 0 Å². The van der Waals surface area contributed by atoms with Crippen molar-refractivity contribution in [2.24, 2.45) is 0 Å². The molecular weight excluding hydrogens is 170 g/mol. The van der Waals surface area contributed by atoms with Crippen molar-refractivity contribution >= 4 is 0 Å². The third kappa shape index (κ3) is 1.98. The normalized spacial score (nSPS) is 20.8. The summed E-state index contributed by atoms with van der Waals surface area (Å²) >= 11 is 0. The Morgan fingerprint density at radius 1 is 1.29 bits per heavy atom. The molecular formula is C13H17N. The minimum Gasteiger partial charge on any atom is -0.388 e. The molecule has 0 heterocycles. The smallest absolute Gasteiger partial charge is 0.0299 e. The van der Waals surface area contributed by atoms with Crippen LogP contribution in [0.3, 0.4) is 0 Å². The molecule has 1 aromatic rings. The highest BCUT2D eigenvalue weighted by Crippen LogP contribution is 2.20. The molecule has 0 aliphatic heterocycles. The SMILES string of the molecule is CC=CNC1CCc2ccccc2C1. The number of hydrogen-bond acceptors (Lipinski definition) is 1. The van der Waals surface area contributed by atoms with Crippen LogP contribution in [0, 0.1) is 0 Å². The van der Waals surface area contributed by atoms with E-state index in [4.69, 9.17) is 0 Å². The van der Waals surface area contributed by atoms with Gasteiger partial charge in [0.25, 0.3) is 0 Å². The molecule has 0 saturated carbocycles. The van der Waals surface area contributed by atoms with Gasteiger partial charge in [-0.3, -0.25) is 0 Å². The van der Waals surface area contributed by atoms with Crippen LogP contribution in [0.2, 0.25) is 0 Å². The van der Waals surface area contributed by atoms with Crippen LogP contribution in [-0.2, 0) is 12.8 Å². The largest absolute Gasteiger partial charge is 0.388 e. The molecule has 0 aromatic heterocycles. The first-order valence-corrected chi connectivity index (χ1v) is 5.34. The summed E-state index contributed by atoms with van der Waals surface area (Å²) < 4.78 is 0. The van der Waals surface area contributed by atoms with Crippen molar-refractivity contribution in [1.82, 2.24) is 5.32 Å². The van der Waals surface area contributed by atoms with Gasteiger partial charge in [0.2, 0.25) is 0 Å². The minimum absolute atomic E-state index is 0.626. The van der Waals surface area contributed by atoms with Gasteiger partial charge < -0.3 is 5.32 Å². The van der Waals surface area contributed by atoms with Crippen molar-refractivity contribution in [2.45, 2.75) is 32.2 Å². The van der Waals surface area contributed by atoms with Crippen molar-refractivity contribution < 1.29 is 0 Å². The summed E-state index contributed by atoms with van der Waals surface area (Å²) in [7, 11) is 0. The lowest BCUT2D eigenvalue weighted by molar-refractivity contribution is 0.513. The first kappa shape index (κ1) is 9.32. The number of benzene rings is 1. The molecule has 1 aromatic carbocycles. The standard InChI is InChI=1S/C13H17N/c1-2-9-14-13-8-7-11-5-3-4-6-12(11)10-13/h2-6,9,13-14H,7-8,10H2,1H3. The molecule has 1 heteroatoms. The van der Waals surface area contributed by atoms with Gasteiger partial charge in [-0.15, -0.1) is 0 Å². The van der Waals surface area contributed by atoms with Gasteiger partial charge in [0, 0.05) is 6.04 Å². The first-order chi connectivity index (χ1) is 6.90. The summed E-state index contributed by atoms with van der Waals surface area (Å²) in [4.78, 5) is 0. The zero-order valence-electron chi connectivity index (χ0n) is 8.66. The first-order valence-electron chi connectivity index (χ1n) is 5.34. The monoisotopic (exact) mass is 187 g/mol. The number of aryl methyl sites for hydroxylation is 1. The van der Waals surface area contributed by atoms with Crippen LogP contribution < -0.4 is 5.32 Å². The average molecular weight is 187 g/mol. The fourth-order valence-electron chi connectivity index (χ4n) is 2.07. The van der Waals surface area contributed by atoms with Gasteiger partial charge >= 0.3 is 0 Å². The lowest BCUT2D eigenvalue weighted by Gasteiger charge is -2.24. The fourth-order valence-corrected chi connectivity index (χ4v) is 2.07. The molecule has 1 nitrogen and oxygen atoms in total. The third-order valence-electron chi connectivity index (χ3n) is 2.85. The van der Waals surface area contributed by atoms with Gasteiger partial charge in [-0.05, 0) is 43.5 Å². The highest BCUT2D eigenvalue weighted by molar-refractivity contribution is 5.30. The zero-order chi connectivity index (χ0) is 9.80. The Kier molecular flexibility index (Phi) is 2.87. The molecule has 1 atom stereocenters. The summed E-state index contributed by atoms with van der Waals surface area (Å²) in [6, 6.07) is 9.40. The number of rotatable bonds is 2. The zero-order valence-corrected chi connectivity index (χ0v) is 8.66. The Hall–Kier alpha value is -1.24. The number of allylic oxidation sites excluding steroid dienone is 1. The second-order valence-corrected chi connectivity index (χ2v) is 3.88. The van der Waals surface area contributed by atoms with Crippen LogP contribution in [0.1, 0.15) is 24.5 Å². The molecule has 0 bridgehead atoms. The second kappa shape index (κ2) is 4.32. The highest BCUT2D eigenvalue weighted by atomic mass is 14.9. The van der Waals surface area contributed by atoms with Gasteiger partial charge in [0.05, 0.1) is 0 Å². The molecule has 0 fully saturated rings. The summed E-state index contributed by atoms with van der Waals surface area (Å²) in [6.45, 7) is 2.05. The molecule has 1 aliphatic carbocycles. The Labute approximate surface area is 85.8 Å². The van der Waals surface area contributed by atoms with E-state index >= 15 is 0 Å². The summed E-state index contributed by atoms with van der Waals surface area (Å²) in [5, 5.41) is 3.43. The van der Waals surface area contributed by atoms with Crippen molar-refractivity contribution in [2.75, 3.05) is 0 Å². The summed E-state index contributed by atoms with van der Waals surface area (Å²) in [6.07, 6.45) is 7.74. The van der Waals surface area contributed by atoms with E-state index in [1.54, 1.807) is 0 Å². The second-order valence-electron chi connectivity index (χ2n) is 3.88. The van der Waals surface area contributed by atoms with Crippen molar-refractivity contribution in [1.29, 1.82) is 0 Å². The van der Waals surface area contributed by atoms with E-state index < -0.39 is 0 Å². The Bertz CT molecular complexity index is 328. The summed E-state index contributed by atoms with van der Waals surface area (Å²) in [5.41, 5.74) is 3.05. The topological polar surface area (TPSA) is 12.0 Å². The van der Waals surface area contributed by atoms with Crippen LogP contribution in [0.4, 0.5) is 0 Å². The molecule has 2 rings (SSSR count). The van der Waals surface area contributed by atoms with Gasteiger partial charge in [-0.2, -0.15) is 0 Å². The van der Waals surface area contributed by atoms with Crippen LogP contribution in [-0.4, -0.2) is 6.04 Å².